The Balaban J connectivity index is 2.06. The predicted octanol–water partition coefficient (Wildman–Crippen LogP) is 3.80. The molecule has 5 heteroatoms. The molecule has 146 valence electrons. The monoisotopic (exact) mass is 363 g/mol. The van der Waals surface area contributed by atoms with Gasteiger partial charge in [0.2, 0.25) is 6.54 Å². The second kappa shape index (κ2) is 14.3. The Hall–Kier alpha value is -1.91. The van der Waals surface area contributed by atoms with E-state index in [1.165, 1.54) is 51.4 Å². The second-order valence-corrected chi connectivity index (χ2v) is 6.75. The van der Waals surface area contributed by atoms with Crippen LogP contribution in [0.25, 0.3) is 0 Å². The lowest BCUT2D eigenvalue weighted by Crippen LogP contribution is -2.39. The Bertz CT molecular complexity index is 532. The van der Waals surface area contributed by atoms with E-state index in [1.54, 1.807) is 36.1 Å². The molecular formula is C21H35N2O3+. The normalized spacial score (nSPS) is 10.5. The van der Waals surface area contributed by atoms with E-state index in [-0.39, 0.29) is 18.4 Å². The molecule has 0 aliphatic carbocycles. The van der Waals surface area contributed by atoms with Gasteiger partial charge in [0, 0.05) is 13.1 Å². The van der Waals surface area contributed by atoms with Crippen LogP contribution in [-0.2, 0) is 16.1 Å². The van der Waals surface area contributed by atoms with Crippen molar-refractivity contribution in [1.29, 1.82) is 0 Å². The van der Waals surface area contributed by atoms with Gasteiger partial charge in [-0.15, -0.1) is 0 Å². The predicted molar refractivity (Wildman–Crippen MR) is 103 cm³/mol. The van der Waals surface area contributed by atoms with Crippen molar-refractivity contribution >= 4 is 11.9 Å². The van der Waals surface area contributed by atoms with E-state index in [2.05, 4.69) is 12.2 Å². The maximum absolute atomic E-state index is 11.9. The summed E-state index contributed by atoms with van der Waals surface area (Å²) in [5.41, 5.74) is 0.525. The number of hydrogen-bond acceptors (Lipinski definition) is 3. The van der Waals surface area contributed by atoms with Gasteiger partial charge in [-0.3, -0.25) is 4.79 Å². The maximum Gasteiger partial charge on any atom is 0.372 e. The first-order chi connectivity index (χ1) is 12.7. The van der Waals surface area contributed by atoms with Gasteiger partial charge >= 0.3 is 5.97 Å². The Kier molecular flexibility index (Phi) is 12.2. The van der Waals surface area contributed by atoms with Crippen LogP contribution in [0, 0.1) is 0 Å². The van der Waals surface area contributed by atoms with Gasteiger partial charge in [-0.05, 0) is 12.5 Å². The topological polar surface area (TPSA) is 59.3 Å². The fraction of sp³-hybridized carbons (Fsp3) is 0.667. The number of rotatable bonds is 14. The summed E-state index contributed by atoms with van der Waals surface area (Å²) in [6.45, 7) is 2.85. The molecule has 1 amide bonds. The number of unbranched alkanes of at least 4 members (excludes halogenated alkanes) is 9. The summed E-state index contributed by atoms with van der Waals surface area (Å²) in [4.78, 5) is 23.5. The number of nitrogens with zero attached hydrogens (tertiary/aromatic N) is 1. The quantitative estimate of drug-likeness (QED) is 0.311. The number of amides is 1. The van der Waals surface area contributed by atoms with Crippen LogP contribution in [0.15, 0.2) is 24.5 Å². The van der Waals surface area contributed by atoms with Crippen molar-refractivity contribution in [1.82, 2.24) is 5.32 Å². The molecule has 0 fully saturated rings. The highest BCUT2D eigenvalue weighted by molar-refractivity contribution is 5.93. The number of esters is 1. The van der Waals surface area contributed by atoms with E-state index >= 15 is 0 Å². The van der Waals surface area contributed by atoms with Crippen LogP contribution >= 0.6 is 0 Å². The number of ether oxygens (including phenoxy) is 1. The molecule has 0 bridgehead atoms. The van der Waals surface area contributed by atoms with E-state index in [4.69, 9.17) is 4.74 Å². The first-order valence-electron chi connectivity index (χ1n) is 10.0. The minimum absolute atomic E-state index is 0.128. The van der Waals surface area contributed by atoms with Gasteiger partial charge in [0.1, 0.15) is 5.56 Å². The summed E-state index contributed by atoms with van der Waals surface area (Å²) in [7, 11) is 1.58. The molecule has 0 atom stereocenters. The SMILES string of the molecule is CCCCCCCCCCCCOC(=O)C[n+]1cccc(C(=O)NC)c1. The summed E-state index contributed by atoms with van der Waals surface area (Å²) in [5.74, 6) is -0.432. The van der Waals surface area contributed by atoms with Crippen molar-refractivity contribution in [3.05, 3.63) is 30.1 Å². The average molecular weight is 364 g/mol. The minimum Gasteiger partial charge on any atom is -0.461 e. The van der Waals surface area contributed by atoms with Crippen molar-refractivity contribution in [3.63, 3.8) is 0 Å². The van der Waals surface area contributed by atoms with Crippen molar-refractivity contribution in [2.45, 2.75) is 77.7 Å². The number of nitrogens with one attached hydrogen (secondary N) is 1. The van der Waals surface area contributed by atoms with Crippen molar-refractivity contribution in [2.24, 2.45) is 0 Å². The highest BCUT2D eigenvalue weighted by atomic mass is 16.5. The number of aromatic nitrogens is 1. The first-order valence-corrected chi connectivity index (χ1v) is 10.0. The molecule has 0 unspecified atom stereocenters. The van der Waals surface area contributed by atoms with Crippen molar-refractivity contribution < 1.29 is 18.9 Å². The molecule has 5 nitrogen and oxygen atoms in total. The molecule has 0 aliphatic heterocycles. The highest BCUT2D eigenvalue weighted by Crippen LogP contribution is 2.10. The van der Waals surface area contributed by atoms with Gasteiger partial charge in [0.15, 0.2) is 12.4 Å². The number of carbonyl (C=O) groups is 2. The van der Waals surface area contributed by atoms with Crippen molar-refractivity contribution in [3.8, 4) is 0 Å². The van der Waals surface area contributed by atoms with E-state index in [0.29, 0.717) is 12.2 Å². The molecule has 0 aliphatic rings. The summed E-state index contributed by atoms with van der Waals surface area (Å²) in [5, 5.41) is 2.57. The molecule has 0 saturated carbocycles. The lowest BCUT2D eigenvalue weighted by atomic mass is 10.1. The highest BCUT2D eigenvalue weighted by Gasteiger charge is 2.13. The molecule has 0 radical (unpaired) electrons. The smallest absolute Gasteiger partial charge is 0.372 e. The van der Waals surface area contributed by atoms with E-state index in [1.807, 2.05) is 0 Å². The maximum atomic E-state index is 11.9. The fourth-order valence-electron chi connectivity index (χ4n) is 2.87. The molecule has 26 heavy (non-hydrogen) atoms. The van der Waals surface area contributed by atoms with Gasteiger partial charge in [-0.2, -0.15) is 4.57 Å². The van der Waals surface area contributed by atoms with Crippen LogP contribution in [0.3, 0.4) is 0 Å². The first kappa shape index (κ1) is 22.1. The van der Waals surface area contributed by atoms with Gasteiger partial charge in [0.05, 0.1) is 6.61 Å². The number of carbonyl (C=O) groups excluding carboxylic acids is 2. The summed E-state index contributed by atoms with van der Waals surface area (Å²) >= 11 is 0. The fourth-order valence-corrected chi connectivity index (χ4v) is 2.87. The summed E-state index contributed by atoms with van der Waals surface area (Å²) < 4.78 is 6.96. The van der Waals surface area contributed by atoms with Crippen LogP contribution in [0.2, 0.25) is 0 Å². The molecule has 0 aromatic carbocycles. The Morgan fingerprint density at radius 1 is 1.00 bits per heavy atom. The lowest BCUT2D eigenvalue weighted by molar-refractivity contribution is -0.686. The van der Waals surface area contributed by atoms with E-state index in [9.17, 15) is 9.59 Å². The van der Waals surface area contributed by atoms with Crippen LogP contribution in [-0.4, -0.2) is 25.5 Å². The third-order valence-electron chi connectivity index (χ3n) is 4.42. The second-order valence-electron chi connectivity index (χ2n) is 6.75. The van der Waals surface area contributed by atoms with Crippen LogP contribution in [0.1, 0.15) is 81.5 Å². The number of hydrogen-bond donors (Lipinski definition) is 1. The molecule has 1 rings (SSSR count). The van der Waals surface area contributed by atoms with E-state index in [0.717, 1.165) is 12.8 Å². The lowest BCUT2D eigenvalue weighted by Gasteiger charge is -2.04. The summed E-state index contributed by atoms with van der Waals surface area (Å²) in [6.07, 6.45) is 16.0. The largest absolute Gasteiger partial charge is 0.461 e. The minimum atomic E-state index is -0.264. The van der Waals surface area contributed by atoms with Gasteiger partial charge in [0.25, 0.3) is 5.91 Å². The van der Waals surface area contributed by atoms with E-state index < -0.39 is 0 Å². The van der Waals surface area contributed by atoms with Crippen LogP contribution in [0.5, 0.6) is 0 Å². The van der Waals surface area contributed by atoms with Gasteiger partial charge < -0.3 is 10.1 Å². The average Bonchev–Trinajstić information content (AvgIpc) is 2.65. The molecule has 1 aromatic rings. The zero-order valence-electron chi connectivity index (χ0n) is 16.5. The number of pyridine rings is 1. The molecule has 0 saturated heterocycles. The van der Waals surface area contributed by atoms with Crippen LogP contribution < -0.4 is 9.88 Å². The molecule has 0 spiro atoms. The molecule has 1 heterocycles. The molecule has 1 aromatic heterocycles. The zero-order chi connectivity index (χ0) is 19.0. The third kappa shape index (κ3) is 10.2. The molecular weight excluding hydrogens is 328 g/mol. The Labute approximate surface area is 158 Å². The third-order valence-corrected chi connectivity index (χ3v) is 4.42. The van der Waals surface area contributed by atoms with Gasteiger partial charge in [-0.25, -0.2) is 4.79 Å². The standard InChI is InChI=1S/C21H34N2O3/c1-3-4-5-6-7-8-9-10-11-12-16-26-20(24)18-23-15-13-14-19(17-23)21(25)22-2/h13-15,17H,3-12,16,18H2,1-2H3/p+1. The van der Waals surface area contributed by atoms with Crippen molar-refractivity contribution in [2.75, 3.05) is 13.7 Å². The summed E-state index contributed by atoms with van der Waals surface area (Å²) in [6, 6.07) is 3.46. The van der Waals surface area contributed by atoms with Gasteiger partial charge in [-0.1, -0.05) is 64.7 Å². The molecule has 1 N–H and O–H groups in total. The van der Waals surface area contributed by atoms with Crippen LogP contribution in [0.4, 0.5) is 0 Å². The Morgan fingerprint density at radius 2 is 1.62 bits per heavy atom. The Morgan fingerprint density at radius 3 is 2.23 bits per heavy atom. The zero-order valence-corrected chi connectivity index (χ0v) is 16.5.